The molecule has 0 spiro atoms. The average molecular weight is 378 g/mol. The molecule has 0 aliphatic carbocycles. The van der Waals surface area contributed by atoms with Gasteiger partial charge in [-0.1, -0.05) is 31.2 Å². The lowest BCUT2D eigenvalue weighted by molar-refractivity contribution is 0.302. The molecule has 2 aromatic carbocycles. The quantitative estimate of drug-likeness (QED) is 0.651. The summed E-state index contributed by atoms with van der Waals surface area (Å²) in [6.07, 6.45) is 3.23. The van der Waals surface area contributed by atoms with Crippen LogP contribution in [0.1, 0.15) is 42.5 Å². The van der Waals surface area contributed by atoms with Gasteiger partial charge in [0.05, 0.1) is 5.69 Å². The maximum absolute atomic E-state index is 12.3. The van der Waals surface area contributed by atoms with Crippen LogP contribution in [-0.2, 0) is 13.7 Å². The standard InChI is InChI=1S/C22H26N4O2/c1-6-8-15(2)18-11-12-21(17(4)13-18)28-14-19-16(3)9-7-10-20(19)26-22(27)25(5)23-24-26/h7-13H,6,14H2,1-5H3/b15-8-. The summed E-state index contributed by atoms with van der Waals surface area (Å²) in [5, 5.41) is 7.77. The molecule has 0 unspecified atom stereocenters. The molecule has 3 aromatic rings. The van der Waals surface area contributed by atoms with Crippen molar-refractivity contribution in [1.82, 2.24) is 19.8 Å². The number of tetrazole rings is 1. The van der Waals surface area contributed by atoms with Crippen LogP contribution in [0.25, 0.3) is 11.3 Å². The summed E-state index contributed by atoms with van der Waals surface area (Å²) in [5.41, 5.74) is 5.89. The van der Waals surface area contributed by atoms with Crippen molar-refractivity contribution >= 4 is 5.57 Å². The van der Waals surface area contributed by atoms with E-state index >= 15 is 0 Å². The van der Waals surface area contributed by atoms with E-state index in [-0.39, 0.29) is 5.69 Å². The molecular formula is C22H26N4O2. The van der Waals surface area contributed by atoms with Crippen LogP contribution in [0.2, 0.25) is 0 Å². The van der Waals surface area contributed by atoms with Crippen LogP contribution >= 0.6 is 0 Å². The summed E-state index contributed by atoms with van der Waals surface area (Å²) >= 11 is 0. The molecule has 3 rings (SSSR count). The number of aromatic nitrogens is 4. The van der Waals surface area contributed by atoms with Crippen molar-refractivity contribution in [2.45, 2.75) is 40.7 Å². The van der Waals surface area contributed by atoms with Crippen molar-refractivity contribution in [2.75, 3.05) is 0 Å². The van der Waals surface area contributed by atoms with Crippen LogP contribution in [0.15, 0.2) is 47.3 Å². The van der Waals surface area contributed by atoms with Gasteiger partial charge in [0, 0.05) is 12.6 Å². The lowest BCUT2D eigenvalue weighted by Crippen LogP contribution is -2.23. The van der Waals surface area contributed by atoms with Crippen molar-refractivity contribution < 1.29 is 4.74 Å². The minimum absolute atomic E-state index is 0.287. The third-order valence-corrected chi connectivity index (χ3v) is 4.85. The van der Waals surface area contributed by atoms with Gasteiger partial charge in [0.2, 0.25) is 0 Å². The van der Waals surface area contributed by atoms with E-state index < -0.39 is 0 Å². The third-order valence-electron chi connectivity index (χ3n) is 4.85. The van der Waals surface area contributed by atoms with Crippen molar-refractivity contribution in [2.24, 2.45) is 7.05 Å². The number of ether oxygens (including phenoxy) is 1. The van der Waals surface area contributed by atoms with Gasteiger partial charge in [0.1, 0.15) is 12.4 Å². The molecule has 0 aliphatic rings. The molecule has 6 nitrogen and oxygen atoms in total. The third kappa shape index (κ3) is 3.91. The van der Waals surface area contributed by atoms with E-state index in [1.165, 1.54) is 20.5 Å². The molecule has 0 saturated heterocycles. The van der Waals surface area contributed by atoms with Gasteiger partial charge in [-0.15, -0.1) is 0 Å². The Hall–Kier alpha value is -3.15. The maximum atomic E-state index is 12.3. The average Bonchev–Trinajstić information content (AvgIpc) is 3.00. The Bertz CT molecular complexity index is 1080. The first-order valence-electron chi connectivity index (χ1n) is 9.40. The summed E-state index contributed by atoms with van der Waals surface area (Å²) in [6.45, 7) is 8.64. The van der Waals surface area contributed by atoms with E-state index in [4.69, 9.17) is 4.74 Å². The van der Waals surface area contributed by atoms with Crippen molar-refractivity contribution in [1.29, 1.82) is 0 Å². The van der Waals surface area contributed by atoms with Crippen molar-refractivity contribution in [3.8, 4) is 11.4 Å². The van der Waals surface area contributed by atoms with Crippen molar-refractivity contribution in [3.63, 3.8) is 0 Å². The summed E-state index contributed by atoms with van der Waals surface area (Å²) in [5.74, 6) is 0.828. The molecule has 0 atom stereocenters. The van der Waals surface area contributed by atoms with E-state index in [9.17, 15) is 4.79 Å². The molecule has 0 fully saturated rings. The zero-order chi connectivity index (χ0) is 20.3. The van der Waals surface area contributed by atoms with Crippen LogP contribution in [0.5, 0.6) is 5.75 Å². The SMILES string of the molecule is CC/C=C(/C)c1ccc(OCc2c(C)cccc2-n2nnn(C)c2=O)c(C)c1. The Morgan fingerprint density at radius 1 is 1.14 bits per heavy atom. The second kappa shape index (κ2) is 8.25. The highest BCUT2D eigenvalue weighted by Crippen LogP contribution is 2.26. The summed E-state index contributed by atoms with van der Waals surface area (Å²) in [4.78, 5) is 12.3. The predicted octanol–water partition coefficient (Wildman–Crippen LogP) is 3.98. The van der Waals surface area contributed by atoms with E-state index in [0.717, 1.165) is 28.9 Å². The highest BCUT2D eigenvalue weighted by atomic mass is 16.5. The Morgan fingerprint density at radius 3 is 2.57 bits per heavy atom. The van der Waals surface area contributed by atoms with E-state index in [1.807, 2.05) is 38.1 Å². The predicted molar refractivity (Wildman–Crippen MR) is 111 cm³/mol. The molecule has 146 valence electrons. The topological polar surface area (TPSA) is 61.9 Å². The molecule has 0 bridgehead atoms. The largest absolute Gasteiger partial charge is 0.489 e. The van der Waals surface area contributed by atoms with Gasteiger partial charge in [-0.2, -0.15) is 9.36 Å². The van der Waals surface area contributed by atoms with E-state index in [0.29, 0.717) is 12.3 Å². The highest BCUT2D eigenvalue weighted by Gasteiger charge is 2.14. The summed E-state index contributed by atoms with van der Waals surface area (Å²) in [7, 11) is 1.58. The lowest BCUT2D eigenvalue weighted by atomic mass is 10.0. The number of allylic oxidation sites excluding steroid dienone is 2. The van der Waals surface area contributed by atoms with Crippen LogP contribution in [0.4, 0.5) is 0 Å². The minimum Gasteiger partial charge on any atom is -0.489 e. The Kier molecular flexibility index (Phi) is 5.78. The normalized spacial score (nSPS) is 11.7. The number of hydrogen-bond acceptors (Lipinski definition) is 4. The smallest absolute Gasteiger partial charge is 0.368 e. The first-order valence-corrected chi connectivity index (χ1v) is 9.40. The molecule has 0 saturated carbocycles. The van der Waals surface area contributed by atoms with Gasteiger partial charge < -0.3 is 4.74 Å². The number of hydrogen-bond donors (Lipinski definition) is 0. The van der Waals surface area contributed by atoms with Crippen LogP contribution in [-0.4, -0.2) is 19.8 Å². The van der Waals surface area contributed by atoms with Gasteiger partial charge in [0.15, 0.2) is 0 Å². The molecule has 6 heteroatoms. The fourth-order valence-electron chi connectivity index (χ4n) is 3.17. The number of benzene rings is 2. The van der Waals surface area contributed by atoms with Crippen LogP contribution in [0, 0.1) is 13.8 Å². The Labute approximate surface area is 165 Å². The molecule has 28 heavy (non-hydrogen) atoms. The van der Waals surface area contributed by atoms with Gasteiger partial charge in [-0.05, 0) is 78.1 Å². The first-order chi connectivity index (χ1) is 13.4. The maximum Gasteiger partial charge on any atom is 0.368 e. The van der Waals surface area contributed by atoms with Gasteiger partial charge >= 0.3 is 5.69 Å². The van der Waals surface area contributed by atoms with Gasteiger partial charge in [-0.25, -0.2) is 4.79 Å². The summed E-state index contributed by atoms with van der Waals surface area (Å²) < 4.78 is 8.63. The lowest BCUT2D eigenvalue weighted by Gasteiger charge is -2.15. The zero-order valence-electron chi connectivity index (χ0n) is 17.1. The highest BCUT2D eigenvalue weighted by molar-refractivity contribution is 5.65. The molecule has 1 heterocycles. The first kappa shape index (κ1) is 19.6. The Balaban J connectivity index is 1.89. The molecule has 0 aliphatic heterocycles. The van der Waals surface area contributed by atoms with Gasteiger partial charge in [-0.3, -0.25) is 0 Å². The minimum atomic E-state index is -0.287. The number of nitrogens with zero attached hydrogens (tertiary/aromatic N) is 4. The second-order valence-corrected chi connectivity index (χ2v) is 6.93. The molecule has 0 N–H and O–H groups in total. The van der Waals surface area contributed by atoms with Crippen LogP contribution in [0.3, 0.4) is 0 Å². The van der Waals surface area contributed by atoms with Crippen molar-refractivity contribution in [3.05, 3.63) is 75.2 Å². The monoisotopic (exact) mass is 378 g/mol. The molecule has 0 radical (unpaired) electrons. The summed E-state index contributed by atoms with van der Waals surface area (Å²) in [6, 6.07) is 12.0. The second-order valence-electron chi connectivity index (χ2n) is 6.93. The van der Waals surface area contributed by atoms with Crippen LogP contribution < -0.4 is 10.4 Å². The Morgan fingerprint density at radius 2 is 1.93 bits per heavy atom. The molecular weight excluding hydrogens is 352 g/mol. The number of rotatable bonds is 6. The van der Waals surface area contributed by atoms with E-state index in [2.05, 4.69) is 42.5 Å². The fraction of sp³-hybridized carbons (Fsp3) is 0.318. The zero-order valence-corrected chi connectivity index (χ0v) is 17.1. The fourth-order valence-corrected chi connectivity index (χ4v) is 3.17. The molecule has 1 aromatic heterocycles. The number of aryl methyl sites for hydroxylation is 3. The van der Waals surface area contributed by atoms with Gasteiger partial charge in [0.25, 0.3) is 0 Å². The van der Waals surface area contributed by atoms with E-state index in [1.54, 1.807) is 7.05 Å². The molecule has 0 amide bonds.